The second-order valence-electron chi connectivity index (χ2n) is 3.61. The molecule has 0 aromatic carbocycles. The summed E-state index contributed by atoms with van der Waals surface area (Å²) in [5.41, 5.74) is 0.922. The molecule has 1 aromatic heterocycles. The number of carboxylic acid groups (broad SMARTS) is 1. The van der Waals surface area contributed by atoms with Crippen LogP contribution in [0.25, 0.3) is 0 Å². The fraction of sp³-hybridized carbons (Fsp3) is 0.417. The lowest BCUT2D eigenvalue weighted by atomic mass is 10.2. The van der Waals surface area contributed by atoms with Crippen LogP contribution in [-0.4, -0.2) is 34.9 Å². The van der Waals surface area contributed by atoms with Crippen molar-refractivity contribution < 1.29 is 19.4 Å². The molecule has 0 fully saturated rings. The average Bonchev–Trinajstić information content (AvgIpc) is 2.36. The monoisotopic (exact) mass is 269 g/mol. The van der Waals surface area contributed by atoms with Gasteiger partial charge in [0, 0.05) is 5.69 Å². The molecule has 0 spiro atoms. The lowest BCUT2D eigenvalue weighted by Gasteiger charge is -2.05. The molecule has 0 radical (unpaired) electrons. The molecule has 0 aliphatic carbocycles. The fourth-order valence-corrected chi connectivity index (χ4v) is 2.11. The maximum Gasteiger partial charge on any atom is 0.335 e. The van der Waals surface area contributed by atoms with Gasteiger partial charge in [0.15, 0.2) is 0 Å². The standard InChI is InChI=1S/C12H15NO4S/c1-3-4-9-5-8(12(15)16)6-10(13-9)18-7-11(14)17-2/h5-6H,3-4,7H2,1-2H3,(H,15,16). The van der Waals surface area contributed by atoms with E-state index in [9.17, 15) is 9.59 Å². The van der Waals surface area contributed by atoms with Crippen LogP contribution in [0.3, 0.4) is 0 Å². The molecule has 0 amide bonds. The summed E-state index contributed by atoms with van der Waals surface area (Å²) in [5.74, 6) is -1.23. The Hall–Kier alpha value is -1.56. The van der Waals surface area contributed by atoms with E-state index in [1.165, 1.54) is 24.9 Å². The molecular formula is C12H15NO4S. The molecule has 0 atom stereocenters. The SMILES string of the molecule is CCCc1cc(C(=O)O)cc(SCC(=O)OC)n1. The molecule has 0 bridgehead atoms. The summed E-state index contributed by atoms with van der Waals surface area (Å²) in [6.07, 6.45) is 1.60. The predicted molar refractivity (Wildman–Crippen MR) is 67.9 cm³/mol. The maximum atomic E-state index is 11.0. The Labute approximate surface area is 110 Å². The number of pyridine rings is 1. The van der Waals surface area contributed by atoms with Gasteiger partial charge in [-0.05, 0) is 18.6 Å². The van der Waals surface area contributed by atoms with E-state index in [1.54, 1.807) is 6.07 Å². The highest BCUT2D eigenvalue weighted by atomic mass is 32.2. The first-order valence-corrected chi connectivity index (χ1v) is 6.49. The van der Waals surface area contributed by atoms with Crippen LogP contribution < -0.4 is 0 Å². The van der Waals surface area contributed by atoms with Gasteiger partial charge in [-0.3, -0.25) is 4.79 Å². The van der Waals surface area contributed by atoms with Gasteiger partial charge in [0.05, 0.1) is 23.5 Å². The number of esters is 1. The minimum absolute atomic E-state index is 0.123. The second kappa shape index (κ2) is 7.00. The summed E-state index contributed by atoms with van der Waals surface area (Å²) in [4.78, 5) is 26.3. The molecule has 0 saturated heterocycles. The van der Waals surface area contributed by atoms with Gasteiger partial charge in [-0.15, -0.1) is 0 Å². The van der Waals surface area contributed by atoms with Crippen LogP contribution in [0.15, 0.2) is 17.2 Å². The highest BCUT2D eigenvalue weighted by Gasteiger charge is 2.10. The van der Waals surface area contributed by atoms with Crippen molar-refractivity contribution in [1.82, 2.24) is 4.98 Å². The number of thioether (sulfide) groups is 1. The van der Waals surface area contributed by atoms with Crippen molar-refractivity contribution in [3.05, 3.63) is 23.4 Å². The molecular weight excluding hydrogens is 254 g/mol. The number of carboxylic acids is 1. The number of ether oxygens (including phenoxy) is 1. The summed E-state index contributed by atoms with van der Waals surface area (Å²) in [6.45, 7) is 2.00. The molecule has 6 heteroatoms. The van der Waals surface area contributed by atoms with E-state index in [0.29, 0.717) is 11.4 Å². The van der Waals surface area contributed by atoms with Crippen molar-refractivity contribution in [2.24, 2.45) is 0 Å². The van der Waals surface area contributed by atoms with E-state index in [0.717, 1.165) is 12.1 Å². The molecule has 1 rings (SSSR count). The first kappa shape index (κ1) is 14.5. The smallest absolute Gasteiger partial charge is 0.335 e. The zero-order chi connectivity index (χ0) is 13.5. The van der Waals surface area contributed by atoms with Gasteiger partial charge in [0.1, 0.15) is 0 Å². The molecule has 0 saturated carbocycles. The topological polar surface area (TPSA) is 76.5 Å². The third-order valence-corrected chi connectivity index (χ3v) is 3.06. The first-order valence-electron chi connectivity index (χ1n) is 5.50. The highest BCUT2D eigenvalue weighted by Crippen LogP contribution is 2.19. The van der Waals surface area contributed by atoms with Crippen LogP contribution in [0.4, 0.5) is 0 Å². The largest absolute Gasteiger partial charge is 0.478 e. The summed E-state index contributed by atoms with van der Waals surface area (Å²) < 4.78 is 4.52. The third kappa shape index (κ3) is 4.37. The van der Waals surface area contributed by atoms with Crippen molar-refractivity contribution in [1.29, 1.82) is 0 Å². The van der Waals surface area contributed by atoms with Crippen molar-refractivity contribution in [3.63, 3.8) is 0 Å². The van der Waals surface area contributed by atoms with E-state index in [4.69, 9.17) is 5.11 Å². The van der Waals surface area contributed by atoms with Gasteiger partial charge in [0.25, 0.3) is 0 Å². The van der Waals surface area contributed by atoms with E-state index < -0.39 is 5.97 Å². The fourth-order valence-electron chi connectivity index (χ4n) is 1.33. The van der Waals surface area contributed by atoms with Gasteiger partial charge >= 0.3 is 11.9 Å². The molecule has 0 aliphatic heterocycles. The molecule has 18 heavy (non-hydrogen) atoms. The Morgan fingerprint density at radius 2 is 2.17 bits per heavy atom. The van der Waals surface area contributed by atoms with E-state index >= 15 is 0 Å². The van der Waals surface area contributed by atoms with Crippen LogP contribution >= 0.6 is 11.8 Å². The van der Waals surface area contributed by atoms with Gasteiger partial charge < -0.3 is 9.84 Å². The van der Waals surface area contributed by atoms with Crippen LogP contribution in [0, 0.1) is 0 Å². The Balaban J connectivity index is 2.88. The Kier molecular flexibility index (Phi) is 5.64. The molecule has 1 aromatic rings. The molecule has 0 aliphatic rings. The van der Waals surface area contributed by atoms with Gasteiger partial charge in [-0.25, -0.2) is 9.78 Å². The second-order valence-corrected chi connectivity index (χ2v) is 4.60. The maximum absolute atomic E-state index is 11.0. The number of hydrogen-bond donors (Lipinski definition) is 1. The van der Waals surface area contributed by atoms with Crippen LogP contribution in [0.1, 0.15) is 29.4 Å². The summed E-state index contributed by atoms with van der Waals surface area (Å²) >= 11 is 1.18. The van der Waals surface area contributed by atoms with Crippen LogP contribution in [-0.2, 0) is 16.0 Å². The van der Waals surface area contributed by atoms with E-state index in [2.05, 4.69) is 9.72 Å². The molecule has 1 heterocycles. The third-order valence-electron chi connectivity index (χ3n) is 2.17. The van der Waals surface area contributed by atoms with Crippen molar-refractivity contribution >= 4 is 23.7 Å². The van der Waals surface area contributed by atoms with Crippen molar-refractivity contribution in [2.75, 3.05) is 12.9 Å². The van der Waals surface area contributed by atoms with Gasteiger partial charge in [-0.1, -0.05) is 25.1 Å². The van der Waals surface area contributed by atoms with Crippen molar-refractivity contribution in [2.45, 2.75) is 24.8 Å². The summed E-state index contributed by atoms with van der Waals surface area (Å²) in [7, 11) is 1.31. The number of carbonyl (C=O) groups excluding carboxylic acids is 1. The number of nitrogens with zero attached hydrogens (tertiary/aromatic N) is 1. The molecule has 5 nitrogen and oxygen atoms in total. The van der Waals surface area contributed by atoms with Gasteiger partial charge in [-0.2, -0.15) is 0 Å². The van der Waals surface area contributed by atoms with E-state index in [1.807, 2.05) is 6.92 Å². The number of rotatable bonds is 6. The Morgan fingerprint density at radius 1 is 1.44 bits per heavy atom. The quantitative estimate of drug-likeness (QED) is 0.628. The van der Waals surface area contributed by atoms with Crippen LogP contribution in [0.5, 0.6) is 0 Å². The number of aromatic carboxylic acids is 1. The normalized spacial score (nSPS) is 10.1. The van der Waals surface area contributed by atoms with Gasteiger partial charge in [0.2, 0.25) is 0 Å². The van der Waals surface area contributed by atoms with Crippen LogP contribution in [0.2, 0.25) is 0 Å². The number of aromatic nitrogens is 1. The zero-order valence-corrected chi connectivity index (χ0v) is 11.1. The summed E-state index contributed by atoms with van der Waals surface area (Å²) in [5, 5.41) is 9.53. The first-order chi connectivity index (χ1) is 8.56. The zero-order valence-electron chi connectivity index (χ0n) is 10.3. The molecule has 0 unspecified atom stereocenters. The predicted octanol–water partition coefficient (Wildman–Crippen LogP) is 2.00. The molecule has 98 valence electrons. The Bertz CT molecular complexity index is 448. The molecule has 1 N–H and O–H groups in total. The number of methoxy groups -OCH3 is 1. The number of aryl methyl sites for hydroxylation is 1. The number of carbonyl (C=O) groups is 2. The van der Waals surface area contributed by atoms with Crippen molar-refractivity contribution in [3.8, 4) is 0 Å². The lowest BCUT2D eigenvalue weighted by Crippen LogP contribution is -2.05. The summed E-state index contributed by atoms with van der Waals surface area (Å²) in [6, 6.07) is 3.03. The van der Waals surface area contributed by atoms with E-state index in [-0.39, 0.29) is 17.3 Å². The number of hydrogen-bond acceptors (Lipinski definition) is 5. The Morgan fingerprint density at radius 3 is 2.72 bits per heavy atom. The lowest BCUT2D eigenvalue weighted by molar-refractivity contribution is -0.137. The minimum atomic E-state index is -0.991. The average molecular weight is 269 g/mol. The minimum Gasteiger partial charge on any atom is -0.478 e. The highest BCUT2D eigenvalue weighted by molar-refractivity contribution is 7.99.